The van der Waals surface area contributed by atoms with Crippen molar-refractivity contribution in [1.82, 2.24) is 4.90 Å². The summed E-state index contributed by atoms with van der Waals surface area (Å²) in [5, 5.41) is 8.82. The van der Waals surface area contributed by atoms with Crippen LogP contribution in [0, 0.1) is 0 Å². The predicted molar refractivity (Wildman–Crippen MR) is 97.5 cm³/mol. The van der Waals surface area contributed by atoms with Crippen LogP contribution in [0.3, 0.4) is 0 Å². The molecule has 1 fully saturated rings. The highest BCUT2D eigenvalue weighted by Gasteiger charge is 2.24. The summed E-state index contributed by atoms with van der Waals surface area (Å²) in [6, 6.07) is 16.0. The third-order valence-corrected chi connectivity index (χ3v) is 4.79. The highest BCUT2D eigenvalue weighted by atomic mass is 79.9. The zero-order valence-corrected chi connectivity index (χ0v) is 15.1. The first-order valence-corrected chi connectivity index (χ1v) is 9.00. The fourth-order valence-electron chi connectivity index (χ4n) is 2.88. The summed E-state index contributed by atoms with van der Waals surface area (Å²) in [5.74, 6) is 1.71. The van der Waals surface area contributed by atoms with Gasteiger partial charge in [-0.3, -0.25) is 4.90 Å². The van der Waals surface area contributed by atoms with Crippen molar-refractivity contribution < 1.29 is 14.6 Å². The lowest BCUT2D eigenvalue weighted by molar-refractivity contribution is 0.198. The Hall–Kier alpha value is -1.56. The predicted octanol–water partition coefficient (Wildman–Crippen LogP) is 3.47. The average molecular weight is 392 g/mol. The summed E-state index contributed by atoms with van der Waals surface area (Å²) >= 11 is 3.61. The van der Waals surface area contributed by atoms with Crippen LogP contribution in [-0.2, 0) is 6.54 Å². The molecular weight excluding hydrogens is 370 g/mol. The second kappa shape index (κ2) is 8.51. The number of likely N-dealkylation sites (tertiary alicyclic amines) is 1. The molecule has 24 heavy (non-hydrogen) atoms. The summed E-state index contributed by atoms with van der Waals surface area (Å²) in [4.78, 5) is 2.40. The van der Waals surface area contributed by atoms with E-state index in [0.29, 0.717) is 6.61 Å². The second-order valence-electron chi connectivity index (χ2n) is 5.90. The molecule has 0 spiro atoms. The van der Waals surface area contributed by atoms with Crippen LogP contribution in [-0.4, -0.2) is 42.4 Å². The highest BCUT2D eigenvalue weighted by molar-refractivity contribution is 9.10. The van der Waals surface area contributed by atoms with E-state index in [2.05, 4.69) is 26.9 Å². The fourth-order valence-corrected chi connectivity index (χ4v) is 3.36. The van der Waals surface area contributed by atoms with E-state index >= 15 is 0 Å². The van der Waals surface area contributed by atoms with Crippen LogP contribution in [0.4, 0.5) is 0 Å². The van der Waals surface area contributed by atoms with E-state index in [1.807, 2.05) is 42.5 Å². The van der Waals surface area contributed by atoms with Crippen molar-refractivity contribution >= 4 is 15.9 Å². The van der Waals surface area contributed by atoms with Gasteiger partial charge in [0.1, 0.15) is 24.2 Å². The number of hydrogen-bond acceptors (Lipinski definition) is 4. The van der Waals surface area contributed by atoms with Gasteiger partial charge in [-0.05, 0) is 36.2 Å². The Labute approximate surface area is 151 Å². The van der Waals surface area contributed by atoms with Crippen LogP contribution < -0.4 is 9.47 Å². The number of aliphatic hydroxyl groups is 1. The molecule has 0 amide bonds. The number of halogens is 1. The normalized spacial score (nSPS) is 17.8. The maximum Gasteiger partial charge on any atom is 0.120 e. The Bertz CT molecular complexity index is 650. The quantitative estimate of drug-likeness (QED) is 0.784. The molecule has 0 aliphatic carbocycles. The standard InChI is InChI=1S/C19H22BrNO3/c20-19-12-17(23-11-10-22)7-6-15(19)13-21-9-8-18(14-21)24-16-4-2-1-3-5-16/h1-7,12,18,22H,8-11,13-14H2/t18-/m1/s1. The summed E-state index contributed by atoms with van der Waals surface area (Å²) < 4.78 is 12.5. The van der Waals surface area contributed by atoms with E-state index < -0.39 is 0 Å². The lowest BCUT2D eigenvalue weighted by atomic mass is 10.2. The SMILES string of the molecule is OCCOc1ccc(CN2CC[C@@H](Oc3ccccc3)C2)c(Br)c1. The third kappa shape index (κ3) is 4.72. The molecule has 128 valence electrons. The van der Waals surface area contributed by atoms with Gasteiger partial charge in [-0.2, -0.15) is 0 Å². The minimum Gasteiger partial charge on any atom is -0.491 e. The van der Waals surface area contributed by atoms with Gasteiger partial charge in [0, 0.05) is 24.1 Å². The molecule has 1 aliphatic heterocycles. The zero-order chi connectivity index (χ0) is 16.8. The van der Waals surface area contributed by atoms with Crippen molar-refractivity contribution in [3.63, 3.8) is 0 Å². The van der Waals surface area contributed by atoms with E-state index in [-0.39, 0.29) is 12.7 Å². The van der Waals surface area contributed by atoms with Crippen LogP contribution >= 0.6 is 15.9 Å². The van der Waals surface area contributed by atoms with Gasteiger partial charge < -0.3 is 14.6 Å². The topological polar surface area (TPSA) is 41.9 Å². The first-order chi connectivity index (χ1) is 11.7. The number of hydrogen-bond donors (Lipinski definition) is 1. The Kier molecular flexibility index (Phi) is 6.12. The minimum absolute atomic E-state index is 0.0238. The zero-order valence-electron chi connectivity index (χ0n) is 13.5. The van der Waals surface area contributed by atoms with Crippen LogP contribution in [0.5, 0.6) is 11.5 Å². The van der Waals surface area contributed by atoms with Crippen molar-refractivity contribution in [3.8, 4) is 11.5 Å². The molecule has 0 aromatic heterocycles. The van der Waals surface area contributed by atoms with Crippen LogP contribution in [0.2, 0.25) is 0 Å². The van der Waals surface area contributed by atoms with Gasteiger partial charge in [0.15, 0.2) is 0 Å². The number of nitrogens with zero attached hydrogens (tertiary/aromatic N) is 1. The van der Waals surface area contributed by atoms with E-state index in [1.54, 1.807) is 0 Å². The van der Waals surface area contributed by atoms with Crippen molar-refractivity contribution in [2.75, 3.05) is 26.3 Å². The molecule has 0 saturated carbocycles. The average Bonchev–Trinajstić information content (AvgIpc) is 3.03. The van der Waals surface area contributed by atoms with Crippen molar-refractivity contribution in [1.29, 1.82) is 0 Å². The van der Waals surface area contributed by atoms with Gasteiger partial charge in [-0.25, -0.2) is 0 Å². The Morgan fingerprint density at radius 2 is 1.96 bits per heavy atom. The van der Waals surface area contributed by atoms with Gasteiger partial charge in [-0.15, -0.1) is 0 Å². The first-order valence-electron chi connectivity index (χ1n) is 8.21. The molecule has 1 aliphatic rings. The number of rotatable bonds is 7. The lowest BCUT2D eigenvalue weighted by Crippen LogP contribution is -2.24. The highest BCUT2D eigenvalue weighted by Crippen LogP contribution is 2.26. The number of ether oxygens (including phenoxy) is 2. The number of benzene rings is 2. The van der Waals surface area contributed by atoms with Crippen molar-refractivity contribution in [3.05, 3.63) is 58.6 Å². The van der Waals surface area contributed by atoms with Crippen LogP contribution in [0.1, 0.15) is 12.0 Å². The monoisotopic (exact) mass is 391 g/mol. The van der Waals surface area contributed by atoms with E-state index in [4.69, 9.17) is 14.6 Å². The van der Waals surface area contributed by atoms with Gasteiger partial charge in [0.2, 0.25) is 0 Å². The van der Waals surface area contributed by atoms with E-state index in [1.165, 1.54) is 5.56 Å². The molecular formula is C19H22BrNO3. The molecule has 1 saturated heterocycles. The third-order valence-electron chi connectivity index (χ3n) is 4.05. The largest absolute Gasteiger partial charge is 0.491 e. The second-order valence-corrected chi connectivity index (χ2v) is 6.76. The molecule has 0 unspecified atom stereocenters. The minimum atomic E-state index is 0.0238. The summed E-state index contributed by atoms with van der Waals surface area (Å²) in [7, 11) is 0. The molecule has 1 N–H and O–H groups in total. The molecule has 1 heterocycles. The van der Waals surface area contributed by atoms with Crippen LogP contribution in [0.15, 0.2) is 53.0 Å². The summed E-state index contributed by atoms with van der Waals surface area (Å²) in [5.41, 5.74) is 1.23. The van der Waals surface area contributed by atoms with Gasteiger partial charge in [0.05, 0.1) is 6.61 Å². The molecule has 3 rings (SSSR count). The van der Waals surface area contributed by atoms with E-state index in [0.717, 1.165) is 42.0 Å². The lowest BCUT2D eigenvalue weighted by Gasteiger charge is -2.18. The molecule has 2 aromatic rings. The van der Waals surface area contributed by atoms with Gasteiger partial charge >= 0.3 is 0 Å². The van der Waals surface area contributed by atoms with Gasteiger partial charge in [-0.1, -0.05) is 40.2 Å². The van der Waals surface area contributed by atoms with Crippen molar-refractivity contribution in [2.24, 2.45) is 0 Å². The molecule has 0 radical (unpaired) electrons. The molecule has 0 bridgehead atoms. The molecule has 2 aromatic carbocycles. The maximum atomic E-state index is 8.82. The molecule has 5 heteroatoms. The molecule has 4 nitrogen and oxygen atoms in total. The smallest absolute Gasteiger partial charge is 0.120 e. The Balaban J connectivity index is 1.53. The number of para-hydroxylation sites is 1. The molecule has 1 atom stereocenters. The Morgan fingerprint density at radius 3 is 2.71 bits per heavy atom. The van der Waals surface area contributed by atoms with Crippen LogP contribution in [0.25, 0.3) is 0 Å². The fraction of sp³-hybridized carbons (Fsp3) is 0.368. The number of aliphatic hydroxyl groups excluding tert-OH is 1. The summed E-state index contributed by atoms with van der Waals surface area (Å²) in [6.45, 7) is 3.19. The first kappa shape index (κ1) is 17.3. The van der Waals surface area contributed by atoms with Crippen molar-refractivity contribution in [2.45, 2.75) is 19.1 Å². The van der Waals surface area contributed by atoms with Gasteiger partial charge in [0.25, 0.3) is 0 Å². The van der Waals surface area contributed by atoms with E-state index in [9.17, 15) is 0 Å². The Morgan fingerprint density at radius 1 is 1.12 bits per heavy atom. The maximum absolute atomic E-state index is 8.82. The summed E-state index contributed by atoms with van der Waals surface area (Å²) in [6.07, 6.45) is 1.29.